The summed E-state index contributed by atoms with van der Waals surface area (Å²) in [6.07, 6.45) is 7.05. The van der Waals surface area contributed by atoms with E-state index < -0.39 is 0 Å². The molecule has 0 amide bonds. The van der Waals surface area contributed by atoms with E-state index in [0.29, 0.717) is 11.3 Å². The van der Waals surface area contributed by atoms with E-state index in [-0.39, 0.29) is 0 Å². The van der Waals surface area contributed by atoms with Gasteiger partial charge < -0.3 is 15.4 Å². The molecule has 2 aliphatic rings. The second kappa shape index (κ2) is 8.79. The number of nitrogens with one attached hydrogen (secondary N) is 2. The lowest BCUT2D eigenvalue weighted by Gasteiger charge is -2.24. The number of thioether (sulfide) groups is 1. The molecule has 2 fully saturated rings. The highest BCUT2D eigenvalue weighted by Crippen LogP contribution is 2.36. The summed E-state index contributed by atoms with van der Waals surface area (Å²) >= 11 is 2.06. The van der Waals surface area contributed by atoms with Crippen LogP contribution in [0.15, 0.2) is 23.3 Å². The van der Waals surface area contributed by atoms with Crippen LogP contribution in [0.3, 0.4) is 0 Å². The highest BCUT2D eigenvalue weighted by atomic mass is 32.2. The summed E-state index contributed by atoms with van der Waals surface area (Å²) < 4.78 is 6.01. The quantitative estimate of drug-likeness (QED) is 0.549. The lowest BCUT2D eigenvalue weighted by molar-refractivity contribution is 0.288. The van der Waals surface area contributed by atoms with Gasteiger partial charge in [0.05, 0.1) is 13.2 Å². The van der Waals surface area contributed by atoms with Crippen molar-refractivity contribution in [1.29, 1.82) is 0 Å². The van der Waals surface area contributed by atoms with Crippen molar-refractivity contribution >= 4 is 17.7 Å². The van der Waals surface area contributed by atoms with Crippen molar-refractivity contribution in [3.05, 3.63) is 23.9 Å². The van der Waals surface area contributed by atoms with Gasteiger partial charge in [-0.05, 0) is 56.8 Å². The highest BCUT2D eigenvalue weighted by Gasteiger charge is 2.29. The molecule has 6 heteroatoms. The van der Waals surface area contributed by atoms with E-state index in [1.54, 1.807) is 0 Å². The van der Waals surface area contributed by atoms with Gasteiger partial charge in [-0.2, -0.15) is 11.8 Å². The van der Waals surface area contributed by atoms with Crippen LogP contribution >= 0.6 is 11.8 Å². The van der Waals surface area contributed by atoms with Gasteiger partial charge in [0.2, 0.25) is 5.88 Å². The summed E-state index contributed by atoms with van der Waals surface area (Å²) in [4.78, 5) is 9.08. The minimum Gasteiger partial charge on any atom is -0.477 e. The number of aromatic nitrogens is 1. The van der Waals surface area contributed by atoms with Crippen LogP contribution in [0.2, 0.25) is 0 Å². The molecule has 138 valence electrons. The third-order valence-corrected chi connectivity index (χ3v) is 6.19. The van der Waals surface area contributed by atoms with Gasteiger partial charge in [-0.3, -0.25) is 0 Å². The molecule has 0 bridgehead atoms. The topological polar surface area (TPSA) is 58.5 Å². The summed E-state index contributed by atoms with van der Waals surface area (Å²) in [7, 11) is 0. The van der Waals surface area contributed by atoms with E-state index in [1.165, 1.54) is 31.4 Å². The van der Waals surface area contributed by atoms with E-state index in [4.69, 9.17) is 9.73 Å². The average molecular weight is 363 g/mol. The van der Waals surface area contributed by atoms with Gasteiger partial charge in [0.1, 0.15) is 0 Å². The first-order chi connectivity index (χ1) is 12.2. The fourth-order valence-electron chi connectivity index (χ4n) is 2.84. The summed E-state index contributed by atoms with van der Waals surface area (Å²) in [5, 5.41) is 6.83. The van der Waals surface area contributed by atoms with Crippen molar-refractivity contribution in [2.24, 2.45) is 10.9 Å². The fraction of sp³-hybridized carbons (Fsp3) is 0.684. The largest absolute Gasteiger partial charge is 0.477 e. The lowest BCUT2D eigenvalue weighted by atomic mass is 10.1. The van der Waals surface area contributed by atoms with Crippen molar-refractivity contribution in [2.45, 2.75) is 50.8 Å². The molecule has 1 unspecified atom stereocenters. The van der Waals surface area contributed by atoms with Gasteiger partial charge >= 0.3 is 0 Å². The van der Waals surface area contributed by atoms with Crippen LogP contribution in [0, 0.1) is 5.92 Å². The molecule has 0 aromatic carbocycles. The summed E-state index contributed by atoms with van der Waals surface area (Å²) in [5.74, 6) is 3.62. The molecule has 1 aromatic rings. The van der Waals surface area contributed by atoms with Crippen molar-refractivity contribution in [1.82, 2.24) is 15.6 Å². The van der Waals surface area contributed by atoms with Gasteiger partial charge in [-0.15, -0.1) is 0 Å². The minimum absolute atomic E-state index is 0.332. The Labute approximate surface area is 155 Å². The maximum absolute atomic E-state index is 5.68. The number of rotatable bonds is 8. The molecule has 1 aromatic heterocycles. The van der Waals surface area contributed by atoms with Crippen LogP contribution in [0.25, 0.3) is 0 Å². The standard InChI is InChI=1S/C19H30N4OS/c1-3-20-18(23-14-19(2)9-4-10-25-19)22-12-16-7-8-17(21-11-16)24-13-15-5-6-15/h7-8,11,15H,3-6,9-10,12-14H2,1-2H3,(H2,20,22,23). The number of guanidine groups is 1. The van der Waals surface area contributed by atoms with Crippen LogP contribution < -0.4 is 15.4 Å². The molecule has 2 N–H and O–H groups in total. The Morgan fingerprint density at radius 3 is 2.92 bits per heavy atom. The third kappa shape index (κ3) is 6.10. The normalized spacial score (nSPS) is 23.5. The van der Waals surface area contributed by atoms with Crippen LogP contribution in [0.4, 0.5) is 0 Å². The van der Waals surface area contributed by atoms with Gasteiger partial charge in [0, 0.05) is 30.1 Å². The summed E-state index contributed by atoms with van der Waals surface area (Å²) in [6, 6.07) is 4.00. The van der Waals surface area contributed by atoms with Crippen LogP contribution in [-0.2, 0) is 6.54 Å². The molecule has 1 atom stereocenters. The average Bonchev–Trinajstić information content (AvgIpc) is 3.36. The van der Waals surface area contributed by atoms with Gasteiger partial charge in [-0.25, -0.2) is 9.98 Å². The first-order valence-corrected chi connectivity index (χ1v) is 10.4. The molecule has 0 radical (unpaired) electrons. The maximum Gasteiger partial charge on any atom is 0.213 e. The zero-order valence-electron chi connectivity index (χ0n) is 15.4. The summed E-state index contributed by atoms with van der Waals surface area (Å²) in [6.45, 7) is 7.67. The van der Waals surface area contributed by atoms with Crippen LogP contribution in [0.5, 0.6) is 5.88 Å². The van der Waals surface area contributed by atoms with Crippen molar-refractivity contribution in [2.75, 3.05) is 25.4 Å². The number of aliphatic imine (C=N–C) groups is 1. The molecular weight excluding hydrogens is 332 g/mol. The molecule has 2 heterocycles. The second-order valence-corrected chi connectivity index (χ2v) is 8.89. The molecule has 1 saturated heterocycles. The Kier molecular flexibility index (Phi) is 6.45. The number of pyridine rings is 1. The predicted molar refractivity (Wildman–Crippen MR) is 105 cm³/mol. The Balaban J connectivity index is 1.49. The molecule has 3 rings (SSSR count). The number of hydrogen-bond donors (Lipinski definition) is 2. The first kappa shape index (κ1) is 18.4. The smallest absolute Gasteiger partial charge is 0.213 e. The minimum atomic E-state index is 0.332. The van der Waals surface area contributed by atoms with Gasteiger partial charge in [-0.1, -0.05) is 6.07 Å². The van der Waals surface area contributed by atoms with E-state index in [9.17, 15) is 0 Å². The summed E-state index contributed by atoms with van der Waals surface area (Å²) in [5.41, 5.74) is 1.09. The van der Waals surface area contributed by atoms with E-state index >= 15 is 0 Å². The fourth-order valence-corrected chi connectivity index (χ4v) is 4.08. The number of hydrogen-bond acceptors (Lipinski definition) is 4. The van der Waals surface area contributed by atoms with Gasteiger partial charge in [0.15, 0.2) is 5.96 Å². The lowest BCUT2D eigenvalue weighted by Crippen LogP contribution is -2.43. The van der Waals surface area contributed by atoms with Gasteiger partial charge in [0.25, 0.3) is 0 Å². The van der Waals surface area contributed by atoms with E-state index in [1.807, 2.05) is 12.3 Å². The molecule has 1 aliphatic heterocycles. The molecule has 25 heavy (non-hydrogen) atoms. The molecule has 1 saturated carbocycles. The van der Waals surface area contributed by atoms with Crippen LogP contribution in [0.1, 0.15) is 45.1 Å². The Bertz CT molecular complexity index is 565. The third-order valence-electron chi connectivity index (χ3n) is 4.66. The highest BCUT2D eigenvalue weighted by molar-refractivity contribution is 8.00. The van der Waals surface area contributed by atoms with E-state index in [0.717, 1.165) is 43.0 Å². The molecule has 5 nitrogen and oxygen atoms in total. The zero-order valence-corrected chi connectivity index (χ0v) is 16.2. The monoisotopic (exact) mass is 362 g/mol. The molecule has 1 aliphatic carbocycles. The Hall–Kier alpha value is -1.43. The zero-order chi connectivity index (χ0) is 17.5. The van der Waals surface area contributed by atoms with Crippen molar-refractivity contribution in [3.8, 4) is 5.88 Å². The Morgan fingerprint density at radius 2 is 2.28 bits per heavy atom. The Morgan fingerprint density at radius 1 is 1.40 bits per heavy atom. The number of nitrogens with zero attached hydrogens (tertiary/aromatic N) is 2. The number of ether oxygens (including phenoxy) is 1. The van der Waals surface area contributed by atoms with Crippen molar-refractivity contribution in [3.63, 3.8) is 0 Å². The van der Waals surface area contributed by atoms with Crippen molar-refractivity contribution < 1.29 is 4.74 Å². The molecular formula is C19H30N4OS. The maximum atomic E-state index is 5.68. The second-order valence-electron chi connectivity index (χ2n) is 7.21. The van der Waals surface area contributed by atoms with E-state index in [2.05, 4.69) is 47.3 Å². The SMILES string of the molecule is CCNC(=NCc1ccc(OCC2CC2)nc1)NCC1(C)CCCS1. The molecule has 0 spiro atoms. The van der Waals surface area contributed by atoms with Crippen LogP contribution in [-0.4, -0.2) is 41.1 Å². The predicted octanol–water partition coefficient (Wildman–Crippen LogP) is 3.21. The first-order valence-electron chi connectivity index (χ1n) is 9.41.